The minimum Gasteiger partial charge on any atom is -0.332 e. The summed E-state index contributed by atoms with van der Waals surface area (Å²) in [6.07, 6.45) is 0. The van der Waals surface area contributed by atoms with Crippen LogP contribution >= 0.6 is 12.2 Å². The Hall–Kier alpha value is -3.58. The fraction of sp³-hybridized carbons (Fsp3) is 0.130. The van der Waals surface area contributed by atoms with Crippen molar-refractivity contribution in [3.05, 3.63) is 82.9 Å². The first-order valence-electron chi connectivity index (χ1n) is 9.53. The van der Waals surface area contributed by atoms with E-state index in [-0.39, 0.29) is 11.0 Å². The molecule has 3 aromatic carbocycles. The van der Waals surface area contributed by atoms with E-state index in [0.717, 1.165) is 39.1 Å². The molecule has 30 heavy (non-hydrogen) atoms. The molecule has 0 fully saturated rings. The summed E-state index contributed by atoms with van der Waals surface area (Å²) >= 11 is 5.36. The Kier molecular flexibility index (Phi) is 5.29. The maximum Gasteiger partial charge on any atom is 0.257 e. The molecule has 7 heteroatoms. The molecule has 0 radical (unpaired) electrons. The molecule has 0 saturated heterocycles. The van der Waals surface area contributed by atoms with Crippen LogP contribution in [0, 0.1) is 20.8 Å². The topological polar surface area (TPSA) is 71.8 Å². The fourth-order valence-corrected chi connectivity index (χ4v) is 3.52. The van der Waals surface area contributed by atoms with Crippen LogP contribution in [-0.4, -0.2) is 26.0 Å². The van der Waals surface area contributed by atoms with E-state index in [1.165, 1.54) is 0 Å². The molecule has 1 heterocycles. The Bertz CT molecular complexity index is 1240. The highest BCUT2D eigenvalue weighted by molar-refractivity contribution is 7.80. The number of hydrogen-bond donors (Lipinski definition) is 2. The first-order chi connectivity index (χ1) is 14.4. The first kappa shape index (κ1) is 19.7. The zero-order valence-corrected chi connectivity index (χ0v) is 17.7. The third kappa shape index (κ3) is 4.21. The molecular formula is C23H21N5OS. The van der Waals surface area contributed by atoms with E-state index in [1.54, 1.807) is 4.80 Å². The number of nitrogens with one attached hydrogen (secondary N) is 2. The standard InChI is InChI=1S/C23H21N5OS/c1-14-9-15(2)11-17(10-14)22(29)25-23(30)24-19-13-21-20(12-16(19)3)26-28(27-21)18-7-5-4-6-8-18/h4-13H,1-3H3,(H2,24,25,29,30). The number of thiocarbonyl (C=S) groups is 1. The largest absolute Gasteiger partial charge is 0.332 e. The van der Waals surface area contributed by atoms with Gasteiger partial charge in [0.25, 0.3) is 5.91 Å². The quantitative estimate of drug-likeness (QED) is 0.483. The molecule has 4 rings (SSSR count). The summed E-state index contributed by atoms with van der Waals surface area (Å²) in [7, 11) is 0. The first-order valence-corrected chi connectivity index (χ1v) is 9.93. The predicted octanol–water partition coefficient (Wildman–Crippen LogP) is 4.47. The molecule has 0 bridgehead atoms. The highest BCUT2D eigenvalue weighted by atomic mass is 32.1. The molecule has 0 atom stereocenters. The Morgan fingerprint density at radius 1 is 0.900 bits per heavy atom. The molecule has 2 N–H and O–H groups in total. The van der Waals surface area contributed by atoms with Gasteiger partial charge >= 0.3 is 0 Å². The fourth-order valence-electron chi connectivity index (χ4n) is 3.31. The third-order valence-electron chi connectivity index (χ3n) is 4.67. The highest BCUT2D eigenvalue weighted by Crippen LogP contribution is 2.22. The Balaban J connectivity index is 1.53. The average Bonchev–Trinajstić information content (AvgIpc) is 3.11. The number of carbonyl (C=O) groups is 1. The second kappa shape index (κ2) is 8.04. The summed E-state index contributed by atoms with van der Waals surface area (Å²) in [4.78, 5) is 14.1. The predicted molar refractivity (Wildman–Crippen MR) is 123 cm³/mol. The van der Waals surface area contributed by atoms with E-state index >= 15 is 0 Å². The Morgan fingerprint density at radius 2 is 1.53 bits per heavy atom. The van der Waals surface area contributed by atoms with Crippen LogP contribution in [0.4, 0.5) is 5.69 Å². The van der Waals surface area contributed by atoms with Crippen molar-refractivity contribution in [2.45, 2.75) is 20.8 Å². The smallest absolute Gasteiger partial charge is 0.257 e. The minimum absolute atomic E-state index is 0.233. The summed E-state index contributed by atoms with van der Waals surface area (Å²) in [5.74, 6) is -0.243. The molecule has 0 unspecified atom stereocenters. The average molecular weight is 416 g/mol. The highest BCUT2D eigenvalue weighted by Gasteiger charge is 2.12. The molecule has 150 valence electrons. The van der Waals surface area contributed by atoms with E-state index in [9.17, 15) is 4.79 Å². The lowest BCUT2D eigenvalue weighted by atomic mass is 10.1. The van der Waals surface area contributed by atoms with Crippen molar-refractivity contribution in [3.63, 3.8) is 0 Å². The molecule has 1 aromatic heterocycles. The number of fused-ring (bicyclic) bond motifs is 1. The number of benzene rings is 3. The minimum atomic E-state index is -0.243. The number of rotatable bonds is 3. The van der Waals surface area contributed by atoms with Gasteiger partial charge in [0.05, 0.1) is 5.69 Å². The van der Waals surface area contributed by atoms with E-state index in [1.807, 2.05) is 81.4 Å². The van der Waals surface area contributed by atoms with E-state index in [4.69, 9.17) is 12.2 Å². The number of hydrogen-bond acceptors (Lipinski definition) is 4. The maximum atomic E-state index is 12.5. The molecule has 0 spiro atoms. The molecule has 0 aliphatic carbocycles. The van der Waals surface area contributed by atoms with E-state index < -0.39 is 0 Å². The summed E-state index contributed by atoms with van der Waals surface area (Å²) < 4.78 is 0. The SMILES string of the molecule is Cc1cc(C)cc(C(=O)NC(=S)Nc2cc3nn(-c4ccccc4)nc3cc2C)c1. The summed E-state index contributed by atoms with van der Waals surface area (Å²) in [5, 5.41) is 15.2. The number of nitrogens with zero attached hydrogens (tertiary/aromatic N) is 3. The molecule has 0 saturated carbocycles. The zero-order chi connectivity index (χ0) is 21.3. The van der Waals surface area contributed by atoms with Crippen LogP contribution in [-0.2, 0) is 0 Å². The summed E-state index contributed by atoms with van der Waals surface area (Å²) in [6.45, 7) is 5.88. The number of para-hydroxylation sites is 1. The zero-order valence-electron chi connectivity index (χ0n) is 16.9. The van der Waals surface area contributed by atoms with Gasteiger partial charge in [0.2, 0.25) is 0 Å². The van der Waals surface area contributed by atoms with Crippen molar-refractivity contribution in [1.82, 2.24) is 20.3 Å². The van der Waals surface area contributed by atoms with Gasteiger partial charge in [0.15, 0.2) is 5.11 Å². The van der Waals surface area contributed by atoms with Crippen LogP contribution in [0.1, 0.15) is 27.0 Å². The lowest BCUT2D eigenvalue weighted by molar-refractivity contribution is 0.0977. The van der Waals surface area contributed by atoms with Gasteiger partial charge in [-0.2, -0.15) is 4.80 Å². The second-order valence-electron chi connectivity index (χ2n) is 7.27. The van der Waals surface area contributed by atoms with E-state index in [0.29, 0.717) is 5.56 Å². The van der Waals surface area contributed by atoms with Gasteiger partial charge in [0, 0.05) is 11.3 Å². The van der Waals surface area contributed by atoms with Crippen LogP contribution in [0.3, 0.4) is 0 Å². The van der Waals surface area contributed by atoms with Crippen LogP contribution < -0.4 is 10.6 Å². The number of aryl methyl sites for hydroxylation is 3. The number of carbonyl (C=O) groups excluding carboxylic acids is 1. The summed E-state index contributed by atoms with van der Waals surface area (Å²) in [6, 6.07) is 19.3. The molecule has 0 aliphatic rings. The second-order valence-corrected chi connectivity index (χ2v) is 7.67. The van der Waals surface area contributed by atoms with Crippen LogP contribution in [0.2, 0.25) is 0 Å². The molecule has 1 amide bonds. The third-order valence-corrected chi connectivity index (χ3v) is 4.88. The molecular weight excluding hydrogens is 394 g/mol. The van der Waals surface area contributed by atoms with Crippen molar-refractivity contribution in [2.24, 2.45) is 0 Å². The lowest BCUT2D eigenvalue weighted by Gasteiger charge is -2.12. The van der Waals surface area contributed by atoms with Gasteiger partial charge in [-0.25, -0.2) is 0 Å². The number of aromatic nitrogens is 3. The number of anilines is 1. The van der Waals surface area contributed by atoms with Crippen molar-refractivity contribution < 1.29 is 4.79 Å². The van der Waals surface area contributed by atoms with Gasteiger partial charge in [-0.05, 0) is 75.0 Å². The van der Waals surface area contributed by atoms with Gasteiger partial charge in [-0.15, -0.1) is 10.2 Å². The van der Waals surface area contributed by atoms with Crippen molar-refractivity contribution in [1.29, 1.82) is 0 Å². The Labute approximate surface area is 179 Å². The van der Waals surface area contributed by atoms with Crippen molar-refractivity contribution >= 4 is 40.0 Å². The number of amides is 1. The van der Waals surface area contributed by atoms with Crippen LogP contribution in [0.15, 0.2) is 60.7 Å². The van der Waals surface area contributed by atoms with Crippen molar-refractivity contribution in [3.8, 4) is 5.69 Å². The normalized spacial score (nSPS) is 10.8. The monoisotopic (exact) mass is 415 g/mol. The maximum absolute atomic E-state index is 12.5. The van der Waals surface area contributed by atoms with Gasteiger partial charge < -0.3 is 5.32 Å². The van der Waals surface area contributed by atoms with Gasteiger partial charge in [-0.3, -0.25) is 10.1 Å². The Morgan fingerprint density at radius 3 is 2.20 bits per heavy atom. The molecule has 6 nitrogen and oxygen atoms in total. The van der Waals surface area contributed by atoms with Crippen LogP contribution in [0.5, 0.6) is 0 Å². The van der Waals surface area contributed by atoms with E-state index in [2.05, 4.69) is 20.8 Å². The molecule has 0 aliphatic heterocycles. The van der Waals surface area contributed by atoms with Crippen molar-refractivity contribution in [2.75, 3.05) is 5.32 Å². The lowest BCUT2D eigenvalue weighted by Crippen LogP contribution is -2.34. The van der Waals surface area contributed by atoms with Gasteiger partial charge in [-0.1, -0.05) is 35.4 Å². The summed E-state index contributed by atoms with van der Waals surface area (Å²) in [5.41, 5.74) is 6.76. The van der Waals surface area contributed by atoms with Gasteiger partial charge in [0.1, 0.15) is 11.0 Å². The van der Waals surface area contributed by atoms with Crippen LogP contribution in [0.25, 0.3) is 16.7 Å². The molecule has 4 aromatic rings.